The van der Waals surface area contributed by atoms with Crippen LogP contribution in [0.15, 0.2) is 35.0 Å². The number of hydrogen-bond acceptors (Lipinski definition) is 8. The van der Waals surface area contributed by atoms with E-state index >= 15 is 0 Å². The molecule has 2 aliphatic rings. The van der Waals surface area contributed by atoms with Gasteiger partial charge in [-0.3, -0.25) is 4.90 Å². The first-order valence-electron chi connectivity index (χ1n) is 10.8. The van der Waals surface area contributed by atoms with Crippen LogP contribution in [0, 0.1) is 0 Å². The number of oxazole rings is 1. The van der Waals surface area contributed by atoms with Crippen LogP contribution in [0.5, 0.6) is 5.75 Å². The molecule has 2 fully saturated rings. The van der Waals surface area contributed by atoms with Crippen molar-refractivity contribution in [2.45, 2.75) is 50.5 Å². The number of anilines is 1. The van der Waals surface area contributed by atoms with Crippen molar-refractivity contribution in [3.8, 4) is 17.1 Å². The van der Waals surface area contributed by atoms with Crippen molar-refractivity contribution in [3.63, 3.8) is 0 Å². The van der Waals surface area contributed by atoms with Gasteiger partial charge in [0, 0.05) is 25.5 Å². The van der Waals surface area contributed by atoms with Crippen LogP contribution in [-0.4, -0.2) is 73.0 Å². The number of carboxylic acid groups (broad SMARTS) is 1. The molecule has 0 saturated carbocycles. The van der Waals surface area contributed by atoms with Gasteiger partial charge in [-0.05, 0) is 44.9 Å². The lowest BCUT2D eigenvalue weighted by atomic mass is 10.1. The predicted octanol–water partition coefficient (Wildman–Crippen LogP) is 3.36. The summed E-state index contributed by atoms with van der Waals surface area (Å²) in [5.41, 5.74) is -1.84. The molecule has 5 rings (SSSR count). The maximum absolute atomic E-state index is 14.5. The van der Waals surface area contributed by atoms with Crippen LogP contribution in [0.25, 0.3) is 22.5 Å². The van der Waals surface area contributed by atoms with E-state index in [2.05, 4.69) is 15.0 Å². The topological polar surface area (TPSA) is 125 Å². The second kappa shape index (κ2) is 7.76. The van der Waals surface area contributed by atoms with Crippen molar-refractivity contribution in [2.75, 3.05) is 18.0 Å². The van der Waals surface area contributed by atoms with Crippen LogP contribution < -0.4 is 9.64 Å². The zero-order valence-electron chi connectivity index (χ0n) is 18.5. The molecule has 2 unspecified atom stereocenters. The number of fused-ring (bicyclic) bond motifs is 3. The maximum atomic E-state index is 14.5. The highest BCUT2D eigenvalue weighted by Crippen LogP contribution is 2.41. The first kappa shape index (κ1) is 22.3. The molecule has 0 spiro atoms. The Bertz CT molecular complexity index is 1220. The Kier molecular flexibility index (Phi) is 5.08. The molecule has 1 aromatic carbocycles. The van der Waals surface area contributed by atoms with E-state index in [0.717, 1.165) is 26.7 Å². The Morgan fingerprint density at radius 3 is 2.41 bits per heavy atom. The molecule has 34 heavy (non-hydrogen) atoms. The van der Waals surface area contributed by atoms with Crippen molar-refractivity contribution in [1.82, 2.24) is 19.9 Å². The van der Waals surface area contributed by atoms with Crippen molar-refractivity contribution >= 4 is 23.2 Å². The average molecular weight is 475 g/mol. The van der Waals surface area contributed by atoms with E-state index in [1.807, 2.05) is 4.90 Å². The summed E-state index contributed by atoms with van der Waals surface area (Å²) in [5.74, 6) is 0.0377. The SMILES string of the molecule is CC(C)(O)C(F)(F)Oc1ccc(-c2ncccn2)c2oc(N3CC4CCC(C3)N4C(=O)O)nc12. The van der Waals surface area contributed by atoms with Gasteiger partial charge in [0.2, 0.25) is 0 Å². The standard InChI is InChI=1S/C22H23F2N5O5/c1-21(2,32)22(23,24)34-15-7-6-14(18-25-8-3-9-26-18)17-16(15)27-19(33-17)28-10-12-4-5-13(11-28)29(12)20(30)31/h3,6-9,12-13,32H,4-5,10-11H2,1-2H3,(H,30,31). The number of alkyl halides is 2. The zero-order valence-corrected chi connectivity index (χ0v) is 18.5. The molecule has 2 bridgehead atoms. The van der Waals surface area contributed by atoms with Crippen LogP contribution in [-0.2, 0) is 0 Å². The molecule has 0 aliphatic carbocycles. The van der Waals surface area contributed by atoms with Crippen LogP contribution in [0.2, 0.25) is 0 Å². The van der Waals surface area contributed by atoms with Crippen molar-refractivity contribution in [2.24, 2.45) is 0 Å². The molecular formula is C22H23F2N5O5. The Morgan fingerprint density at radius 2 is 1.82 bits per heavy atom. The number of nitrogens with zero attached hydrogens (tertiary/aromatic N) is 5. The zero-order chi connectivity index (χ0) is 24.3. The number of aromatic nitrogens is 3. The molecule has 4 heterocycles. The molecule has 2 atom stereocenters. The number of amides is 1. The fourth-order valence-corrected chi connectivity index (χ4v) is 4.44. The van der Waals surface area contributed by atoms with E-state index in [1.54, 1.807) is 18.5 Å². The summed E-state index contributed by atoms with van der Waals surface area (Å²) in [6, 6.07) is 4.19. The number of benzene rings is 1. The summed E-state index contributed by atoms with van der Waals surface area (Å²) in [7, 11) is 0. The molecular weight excluding hydrogens is 452 g/mol. The maximum Gasteiger partial charge on any atom is 0.426 e. The second-order valence-corrected chi connectivity index (χ2v) is 9.02. The second-order valence-electron chi connectivity index (χ2n) is 9.02. The van der Waals surface area contributed by atoms with E-state index in [1.165, 1.54) is 17.0 Å². The number of rotatable bonds is 5. The minimum atomic E-state index is -3.91. The minimum Gasteiger partial charge on any atom is -0.465 e. The van der Waals surface area contributed by atoms with Gasteiger partial charge < -0.3 is 24.3 Å². The molecule has 2 N–H and O–H groups in total. The van der Waals surface area contributed by atoms with E-state index in [4.69, 9.17) is 9.15 Å². The van der Waals surface area contributed by atoms with Crippen molar-refractivity contribution in [3.05, 3.63) is 30.6 Å². The summed E-state index contributed by atoms with van der Waals surface area (Å²) in [5, 5.41) is 19.4. The fraction of sp³-hybridized carbons (Fsp3) is 0.455. The Labute approximate surface area is 192 Å². The number of ether oxygens (including phenoxy) is 1. The number of carbonyl (C=O) groups is 1. The molecule has 0 radical (unpaired) electrons. The van der Waals surface area contributed by atoms with Crippen LogP contribution >= 0.6 is 0 Å². The monoisotopic (exact) mass is 475 g/mol. The Balaban J connectivity index is 1.58. The predicted molar refractivity (Wildman–Crippen MR) is 116 cm³/mol. The van der Waals surface area contributed by atoms with Crippen molar-refractivity contribution < 1.29 is 32.9 Å². The van der Waals surface area contributed by atoms with Gasteiger partial charge in [-0.1, -0.05) is 0 Å². The Hall–Kier alpha value is -3.54. The number of piperazine rings is 1. The van der Waals surface area contributed by atoms with Gasteiger partial charge in [-0.15, -0.1) is 0 Å². The third-order valence-corrected chi connectivity index (χ3v) is 6.23. The lowest BCUT2D eigenvalue weighted by Gasteiger charge is -2.38. The van der Waals surface area contributed by atoms with Gasteiger partial charge in [0.1, 0.15) is 0 Å². The third-order valence-electron chi connectivity index (χ3n) is 6.23. The smallest absolute Gasteiger partial charge is 0.426 e. The summed E-state index contributed by atoms with van der Waals surface area (Å²) in [6.07, 6.45) is -0.331. The molecule has 2 saturated heterocycles. The lowest BCUT2D eigenvalue weighted by molar-refractivity contribution is -0.275. The van der Waals surface area contributed by atoms with E-state index in [-0.39, 0.29) is 34.9 Å². The first-order valence-corrected chi connectivity index (χ1v) is 10.8. The third kappa shape index (κ3) is 3.67. The largest absolute Gasteiger partial charge is 0.465 e. The molecule has 180 valence electrons. The van der Waals surface area contributed by atoms with Gasteiger partial charge in [-0.2, -0.15) is 13.8 Å². The highest BCUT2D eigenvalue weighted by atomic mass is 19.3. The number of halogens is 2. The highest BCUT2D eigenvalue weighted by Gasteiger charge is 2.49. The summed E-state index contributed by atoms with van der Waals surface area (Å²) in [4.78, 5) is 27.8. The van der Waals surface area contributed by atoms with Crippen LogP contribution in [0.4, 0.5) is 19.6 Å². The summed E-state index contributed by atoms with van der Waals surface area (Å²) in [6.45, 7) is 2.62. The van der Waals surface area contributed by atoms with Gasteiger partial charge in [0.25, 0.3) is 6.01 Å². The average Bonchev–Trinajstić information content (AvgIpc) is 3.33. The quantitative estimate of drug-likeness (QED) is 0.571. The van der Waals surface area contributed by atoms with E-state index in [9.17, 15) is 23.8 Å². The molecule has 12 heteroatoms. The highest BCUT2D eigenvalue weighted by molar-refractivity contribution is 5.93. The number of hydrogen-bond donors (Lipinski definition) is 2. The molecule has 10 nitrogen and oxygen atoms in total. The van der Waals surface area contributed by atoms with Gasteiger partial charge in [0.05, 0.1) is 17.6 Å². The van der Waals surface area contributed by atoms with Gasteiger partial charge in [0.15, 0.2) is 28.3 Å². The van der Waals surface area contributed by atoms with Gasteiger partial charge in [-0.25, -0.2) is 14.8 Å². The van der Waals surface area contributed by atoms with Gasteiger partial charge >= 0.3 is 12.2 Å². The first-order chi connectivity index (χ1) is 16.0. The summed E-state index contributed by atoms with van der Waals surface area (Å²) < 4.78 is 40.0. The number of aliphatic hydroxyl groups is 1. The lowest BCUT2D eigenvalue weighted by Crippen LogP contribution is -2.55. The molecule has 1 amide bonds. The summed E-state index contributed by atoms with van der Waals surface area (Å²) >= 11 is 0. The van der Waals surface area contributed by atoms with E-state index < -0.39 is 17.8 Å². The molecule has 2 aromatic heterocycles. The molecule has 3 aromatic rings. The van der Waals surface area contributed by atoms with E-state index in [0.29, 0.717) is 24.5 Å². The van der Waals surface area contributed by atoms with Crippen LogP contribution in [0.1, 0.15) is 26.7 Å². The van der Waals surface area contributed by atoms with Crippen molar-refractivity contribution in [1.29, 1.82) is 0 Å². The molecule has 2 aliphatic heterocycles. The Morgan fingerprint density at radius 1 is 1.18 bits per heavy atom. The minimum absolute atomic E-state index is 0.0249. The normalized spacial score (nSPS) is 20.7. The van der Waals surface area contributed by atoms with Crippen LogP contribution in [0.3, 0.4) is 0 Å². The fourth-order valence-electron chi connectivity index (χ4n) is 4.44.